The van der Waals surface area contributed by atoms with Crippen LogP contribution in [-0.4, -0.2) is 25.6 Å². The van der Waals surface area contributed by atoms with Crippen molar-refractivity contribution < 1.29 is 0 Å². The molecule has 0 radical (unpaired) electrons. The van der Waals surface area contributed by atoms with Crippen molar-refractivity contribution in [3.05, 3.63) is 41.5 Å². The second-order valence-electron chi connectivity index (χ2n) is 6.08. The molecular weight excluding hydrogens is 321 g/mol. The summed E-state index contributed by atoms with van der Waals surface area (Å²) in [5.41, 5.74) is 2.88. The van der Waals surface area contributed by atoms with Gasteiger partial charge in [0.05, 0.1) is 0 Å². The molecule has 1 aromatic carbocycles. The van der Waals surface area contributed by atoms with Crippen LogP contribution in [0.2, 0.25) is 0 Å². The molecule has 1 aromatic rings. The summed E-state index contributed by atoms with van der Waals surface area (Å²) in [7, 11) is 0. The molecule has 0 spiro atoms. The summed E-state index contributed by atoms with van der Waals surface area (Å²) in [6.07, 6.45) is 13.0. The zero-order chi connectivity index (χ0) is 14.5. The van der Waals surface area contributed by atoms with Crippen LogP contribution in [0.5, 0.6) is 0 Å². The number of allylic oxidation sites excluding steroid dienone is 1. The number of nitrogens with zero attached hydrogens (tertiary/aromatic N) is 1. The molecule has 0 aromatic heterocycles. The molecule has 3 rings (SSSR count). The standard InChI is InChI=1S/C19H25NSe/c1-2-3-5-14-18-16-12-8-9-13-17(16)19(21-18)20-15-10-6-4-7-11-15/h8-9,12-15H,2-7,10-11H2,1H3/b18-14+,20-19?. The van der Waals surface area contributed by atoms with E-state index in [2.05, 4.69) is 37.3 Å². The molecule has 1 fully saturated rings. The van der Waals surface area contributed by atoms with Gasteiger partial charge in [-0.1, -0.05) is 0 Å². The van der Waals surface area contributed by atoms with Crippen molar-refractivity contribution in [1.29, 1.82) is 0 Å². The molecule has 1 nitrogen and oxygen atoms in total. The van der Waals surface area contributed by atoms with Gasteiger partial charge in [0.25, 0.3) is 0 Å². The first kappa shape index (κ1) is 15.1. The van der Waals surface area contributed by atoms with Gasteiger partial charge >= 0.3 is 135 Å². The number of rotatable bonds is 4. The summed E-state index contributed by atoms with van der Waals surface area (Å²) in [6, 6.07) is 9.50. The van der Waals surface area contributed by atoms with Gasteiger partial charge in [0.2, 0.25) is 0 Å². The van der Waals surface area contributed by atoms with Crippen LogP contribution in [0, 0.1) is 0 Å². The first-order valence-electron chi connectivity index (χ1n) is 8.44. The fourth-order valence-electron chi connectivity index (χ4n) is 3.16. The fraction of sp³-hybridized carbons (Fsp3) is 0.526. The van der Waals surface area contributed by atoms with Crippen molar-refractivity contribution in [2.24, 2.45) is 4.99 Å². The summed E-state index contributed by atoms with van der Waals surface area (Å²) in [5, 5.41) is 0. The summed E-state index contributed by atoms with van der Waals surface area (Å²) in [4.78, 5) is 5.16. The second kappa shape index (κ2) is 7.42. The topological polar surface area (TPSA) is 12.4 Å². The van der Waals surface area contributed by atoms with E-state index in [0.29, 0.717) is 21.0 Å². The number of aliphatic imine (C=N–C) groups is 1. The predicted octanol–water partition coefficient (Wildman–Crippen LogP) is 5.01. The van der Waals surface area contributed by atoms with Crippen LogP contribution in [0.1, 0.15) is 69.4 Å². The minimum atomic E-state index is 0.425. The number of benzene rings is 1. The number of hydrogen-bond donors (Lipinski definition) is 0. The van der Waals surface area contributed by atoms with E-state index in [4.69, 9.17) is 4.99 Å². The Kier molecular flexibility index (Phi) is 5.32. The fourth-order valence-corrected chi connectivity index (χ4v) is 5.65. The van der Waals surface area contributed by atoms with E-state index >= 15 is 0 Å². The van der Waals surface area contributed by atoms with Crippen LogP contribution in [0.3, 0.4) is 0 Å². The quantitative estimate of drug-likeness (QED) is 0.536. The first-order valence-corrected chi connectivity index (χ1v) is 10.2. The van der Waals surface area contributed by atoms with E-state index in [1.54, 1.807) is 4.47 Å². The van der Waals surface area contributed by atoms with Crippen molar-refractivity contribution in [3.8, 4) is 0 Å². The normalized spacial score (nSPS) is 22.9. The van der Waals surface area contributed by atoms with Crippen molar-refractivity contribution in [2.75, 3.05) is 0 Å². The van der Waals surface area contributed by atoms with Crippen LogP contribution in [0.25, 0.3) is 4.47 Å². The van der Waals surface area contributed by atoms with E-state index in [-0.39, 0.29) is 0 Å². The van der Waals surface area contributed by atoms with E-state index in [0.717, 1.165) is 0 Å². The van der Waals surface area contributed by atoms with E-state index < -0.39 is 0 Å². The molecule has 0 saturated heterocycles. The van der Waals surface area contributed by atoms with Gasteiger partial charge in [-0.2, -0.15) is 0 Å². The van der Waals surface area contributed by atoms with Gasteiger partial charge in [-0.05, 0) is 0 Å². The molecule has 2 heteroatoms. The Morgan fingerprint density at radius 3 is 2.67 bits per heavy atom. The monoisotopic (exact) mass is 347 g/mol. The molecule has 112 valence electrons. The summed E-state index contributed by atoms with van der Waals surface area (Å²) < 4.78 is 2.98. The van der Waals surface area contributed by atoms with Crippen LogP contribution in [0.4, 0.5) is 0 Å². The van der Waals surface area contributed by atoms with Gasteiger partial charge in [-0.15, -0.1) is 0 Å². The zero-order valence-electron chi connectivity index (χ0n) is 13.0. The van der Waals surface area contributed by atoms with Crippen LogP contribution < -0.4 is 0 Å². The van der Waals surface area contributed by atoms with Gasteiger partial charge in [0, 0.05) is 0 Å². The Morgan fingerprint density at radius 1 is 1.14 bits per heavy atom. The molecule has 1 heterocycles. The summed E-state index contributed by atoms with van der Waals surface area (Å²) in [6.45, 7) is 2.27. The molecular formula is C19H25NSe. The maximum atomic E-state index is 5.16. The van der Waals surface area contributed by atoms with Crippen molar-refractivity contribution in [1.82, 2.24) is 0 Å². The van der Waals surface area contributed by atoms with Crippen LogP contribution in [0.15, 0.2) is 35.3 Å². The van der Waals surface area contributed by atoms with E-state index in [1.807, 2.05) is 0 Å². The molecule has 1 saturated carbocycles. The molecule has 2 aliphatic rings. The van der Waals surface area contributed by atoms with Crippen molar-refractivity contribution >= 4 is 24.0 Å². The van der Waals surface area contributed by atoms with Gasteiger partial charge in [-0.3, -0.25) is 0 Å². The molecule has 0 bridgehead atoms. The predicted molar refractivity (Wildman–Crippen MR) is 93.1 cm³/mol. The number of fused-ring (bicyclic) bond motifs is 1. The Bertz CT molecular complexity index is 538. The average Bonchev–Trinajstić information content (AvgIpc) is 2.87. The molecule has 0 amide bonds. The van der Waals surface area contributed by atoms with E-state index in [1.165, 1.54) is 67.1 Å². The summed E-state index contributed by atoms with van der Waals surface area (Å²) >= 11 is 0.425. The summed E-state index contributed by atoms with van der Waals surface area (Å²) in [5.74, 6) is 0. The van der Waals surface area contributed by atoms with Crippen LogP contribution >= 0.6 is 0 Å². The SMILES string of the molecule is CCCC/C=C1/[Se]C(=NC2CCCCC2)c2ccccc21. The molecule has 1 aliphatic carbocycles. The van der Waals surface area contributed by atoms with E-state index in [9.17, 15) is 0 Å². The second-order valence-corrected chi connectivity index (χ2v) is 8.25. The Morgan fingerprint density at radius 2 is 1.90 bits per heavy atom. The third-order valence-corrected chi connectivity index (χ3v) is 6.75. The van der Waals surface area contributed by atoms with Crippen LogP contribution in [-0.2, 0) is 0 Å². The minimum absolute atomic E-state index is 0.425. The van der Waals surface area contributed by atoms with Crippen molar-refractivity contribution in [2.45, 2.75) is 64.3 Å². The Balaban J connectivity index is 1.83. The maximum absolute atomic E-state index is 5.16. The van der Waals surface area contributed by atoms with Gasteiger partial charge in [0.1, 0.15) is 0 Å². The molecule has 21 heavy (non-hydrogen) atoms. The van der Waals surface area contributed by atoms with Crippen molar-refractivity contribution in [3.63, 3.8) is 0 Å². The third-order valence-electron chi connectivity index (χ3n) is 4.39. The van der Waals surface area contributed by atoms with Gasteiger partial charge < -0.3 is 0 Å². The molecule has 0 N–H and O–H groups in total. The van der Waals surface area contributed by atoms with Gasteiger partial charge in [-0.25, -0.2) is 0 Å². The number of unbranched alkanes of at least 4 members (excludes halogenated alkanes) is 2. The Hall–Kier alpha value is -0.851. The molecule has 0 unspecified atom stereocenters. The zero-order valence-corrected chi connectivity index (χ0v) is 14.7. The third kappa shape index (κ3) is 3.67. The first-order chi connectivity index (χ1) is 10.4. The molecule has 1 aliphatic heterocycles. The molecule has 0 atom stereocenters. The van der Waals surface area contributed by atoms with Gasteiger partial charge in [0.15, 0.2) is 0 Å². The number of hydrogen-bond acceptors (Lipinski definition) is 1. The Labute approximate surface area is 135 Å². The average molecular weight is 346 g/mol.